The number of hydrogen-bond acceptors (Lipinski definition) is 7. The molecule has 0 saturated carbocycles. The van der Waals surface area contributed by atoms with Gasteiger partial charge in [-0.15, -0.1) is 0 Å². The minimum absolute atomic E-state index is 0.00998. The van der Waals surface area contributed by atoms with E-state index >= 15 is 0 Å². The molecule has 1 N–H and O–H groups in total. The number of halogens is 1. The molecule has 0 fully saturated rings. The van der Waals surface area contributed by atoms with Gasteiger partial charge in [0.15, 0.2) is 0 Å². The van der Waals surface area contributed by atoms with E-state index in [1.165, 1.54) is 55.6 Å². The average Bonchev–Trinajstić information content (AvgIpc) is 2.83. The first-order valence-corrected chi connectivity index (χ1v) is 11.7. The van der Waals surface area contributed by atoms with Gasteiger partial charge in [-0.3, -0.25) is 19.2 Å². The predicted octanol–water partition coefficient (Wildman–Crippen LogP) is 3.98. The van der Waals surface area contributed by atoms with Crippen molar-refractivity contribution in [1.29, 1.82) is 0 Å². The highest BCUT2D eigenvalue weighted by atomic mass is 32.2. The Hall–Kier alpha value is -4.19. The summed E-state index contributed by atoms with van der Waals surface area (Å²) in [7, 11) is -2.95. The number of hydrogen-bond donors (Lipinski definition) is 1. The topological polar surface area (TPSA) is 128 Å². The number of amides is 1. The Morgan fingerprint density at radius 2 is 1.74 bits per heavy atom. The number of nitrogens with one attached hydrogen (secondary N) is 1. The summed E-state index contributed by atoms with van der Waals surface area (Å²) in [5, 5.41) is 13.6. The van der Waals surface area contributed by atoms with Crippen LogP contribution in [0.2, 0.25) is 0 Å². The molecule has 12 heteroatoms. The van der Waals surface area contributed by atoms with E-state index in [0.29, 0.717) is 12.4 Å². The third-order valence-electron chi connectivity index (χ3n) is 4.79. The van der Waals surface area contributed by atoms with Crippen molar-refractivity contribution in [2.45, 2.75) is 11.8 Å². The van der Waals surface area contributed by atoms with Gasteiger partial charge in [0.05, 0.1) is 34.9 Å². The molecule has 1 amide bonds. The Morgan fingerprint density at radius 3 is 2.31 bits per heavy atom. The van der Waals surface area contributed by atoms with E-state index in [1.807, 2.05) is 0 Å². The first kappa shape index (κ1) is 25.4. The SMILES string of the molecule is CCOc1ccc(S(=O)(=O)N(CC(=O)Nc2cc([N+](=O)[O-])ccc2OC)c2ccc(F)cc2)cc1. The molecular weight excluding hydrogens is 481 g/mol. The fourth-order valence-corrected chi connectivity index (χ4v) is 4.57. The summed E-state index contributed by atoms with van der Waals surface area (Å²) in [6.07, 6.45) is 0. The molecule has 0 heterocycles. The van der Waals surface area contributed by atoms with Crippen molar-refractivity contribution >= 4 is 33.0 Å². The number of benzene rings is 3. The summed E-state index contributed by atoms with van der Waals surface area (Å²) in [5.41, 5.74) is -0.260. The Balaban J connectivity index is 1.95. The van der Waals surface area contributed by atoms with E-state index in [1.54, 1.807) is 6.92 Å². The zero-order chi connectivity index (χ0) is 25.6. The van der Waals surface area contributed by atoms with E-state index < -0.39 is 33.2 Å². The van der Waals surface area contributed by atoms with Gasteiger partial charge in [-0.2, -0.15) is 0 Å². The largest absolute Gasteiger partial charge is 0.495 e. The first-order chi connectivity index (χ1) is 16.6. The van der Waals surface area contributed by atoms with Gasteiger partial charge in [-0.05, 0) is 61.5 Å². The molecular formula is C23H22FN3O7S. The molecule has 0 unspecified atom stereocenters. The number of rotatable bonds is 10. The number of nitro benzene ring substituents is 1. The molecule has 3 aromatic rings. The van der Waals surface area contributed by atoms with Crippen LogP contribution < -0.4 is 19.1 Å². The smallest absolute Gasteiger partial charge is 0.271 e. The van der Waals surface area contributed by atoms with Crippen molar-refractivity contribution < 1.29 is 32.0 Å². The van der Waals surface area contributed by atoms with Gasteiger partial charge >= 0.3 is 0 Å². The fourth-order valence-electron chi connectivity index (χ4n) is 3.15. The van der Waals surface area contributed by atoms with Crippen molar-refractivity contribution in [3.8, 4) is 11.5 Å². The van der Waals surface area contributed by atoms with Crippen LogP contribution in [0.5, 0.6) is 11.5 Å². The molecule has 35 heavy (non-hydrogen) atoms. The number of methoxy groups -OCH3 is 1. The molecule has 0 spiro atoms. The van der Waals surface area contributed by atoms with Crippen LogP contribution in [0.25, 0.3) is 0 Å². The number of sulfonamides is 1. The van der Waals surface area contributed by atoms with E-state index in [9.17, 15) is 27.7 Å². The summed E-state index contributed by atoms with van der Waals surface area (Å²) in [6, 6.07) is 13.8. The summed E-state index contributed by atoms with van der Waals surface area (Å²) in [6.45, 7) is 1.48. The van der Waals surface area contributed by atoms with Crippen LogP contribution in [0, 0.1) is 15.9 Å². The van der Waals surface area contributed by atoms with Crippen LogP contribution in [0.3, 0.4) is 0 Å². The monoisotopic (exact) mass is 503 g/mol. The van der Waals surface area contributed by atoms with Crippen molar-refractivity contribution in [2.75, 3.05) is 29.9 Å². The van der Waals surface area contributed by atoms with Crippen molar-refractivity contribution in [3.63, 3.8) is 0 Å². The van der Waals surface area contributed by atoms with Gasteiger partial charge in [-0.1, -0.05) is 0 Å². The lowest BCUT2D eigenvalue weighted by Crippen LogP contribution is -2.38. The zero-order valence-electron chi connectivity index (χ0n) is 18.8. The lowest BCUT2D eigenvalue weighted by Gasteiger charge is -2.24. The van der Waals surface area contributed by atoms with Crippen LogP contribution in [-0.2, 0) is 14.8 Å². The molecule has 0 radical (unpaired) electrons. The van der Waals surface area contributed by atoms with Gasteiger partial charge in [0, 0.05) is 12.1 Å². The maximum absolute atomic E-state index is 13.5. The van der Waals surface area contributed by atoms with Crippen LogP contribution >= 0.6 is 0 Å². The second-order valence-corrected chi connectivity index (χ2v) is 8.94. The molecule has 0 aliphatic heterocycles. The van der Waals surface area contributed by atoms with Gasteiger partial charge in [-0.25, -0.2) is 12.8 Å². The highest BCUT2D eigenvalue weighted by molar-refractivity contribution is 7.92. The number of ether oxygens (including phenoxy) is 2. The fraction of sp³-hybridized carbons (Fsp3) is 0.174. The van der Waals surface area contributed by atoms with Crippen molar-refractivity contribution in [2.24, 2.45) is 0 Å². The first-order valence-electron chi connectivity index (χ1n) is 10.3. The number of nitrogens with zero attached hydrogens (tertiary/aromatic N) is 2. The lowest BCUT2D eigenvalue weighted by atomic mass is 10.2. The quantitative estimate of drug-likeness (QED) is 0.327. The maximum atomic E-state index is 13.5. The molecule has 0 aliphatic carbocycles. The standard InChI is InChI=1S/C23H22FN3O7S/c1-3-34-19-9-11-20(12-10-19)35(31,32)26(17-6-4-16(24)5-7-17)15-23(28)25-21-14-18(27(29)30)8-13-22(21)33-2/h4-14H,3,15H2,1-2H3,(H,25,28). The molecule has 0 bridgehead atoms. The van der Waals surface area contributed by atoms with Crippen molar-refractivity contribution in [3.05, 3.63) is 82.7 Å². The molecule has 3 aromatic carbocycles. The summed E-state index contributed by atoms with van der Waals surface area (Å²) in [5.74, 6) is -0.775. The molecule has 184 valence electrons. The van der Waals surface area contributed by atoms with E-state index in [-0.39, 0.29) is 27.7 Å². The van der Waals surface area contributed by atoms with E-state index in [0.717, 1.165) is 22.5 Å². The Kier molecular flexibility index (Phi) is 7.87. The Labute approximate surface area is 201 Å². The number of carbonyl (C=O) groups is 1. The molecule has 3 rings (SSSR count). The van der Waals surface area contributed by atoms with Crippen LogP contribution in [0.1, 0.15) is 6.92 Å². The van der Waals surface area contributed by atoms with Crippen molar-refractivity contribution in [1.82, 2.24) is 0 Å². The lowest BCUT2D eigenvalue weighted by molar-refractivity contribution is -0.384. The highest BCUT2D eigenvalue weighted by Gasteiger charge is 2.28. The number of anilines is 2. The third kappa shape index (κ3) is 6.03. The molecule has 0 aromatic heterocycles. The zero-order valence-corrected chi connectivity index (χ0v) is 19.6. The summed E-state index contributed by atoms with van der Waals surface area (Å²) >= 11 is 0. The number of non-ortho nitro benzene ring substituents is 1. The molecule has 0 aliphatic rings. The molecule has 10 nitrogen and oxygen atoms in total. The van der Waals surface area contributed by atoms with E-state index in [2.05, 4.69) is 5.32 Å². The minimum atomic E-state index is -4.27. The normalized spacial score (nSPS) is 10.9. The van der Waals surface area contributed by atoms with E-state index in [4.69, 9.17) is 9.47 Å². The average molecular weight is 504 g/mol. The predicted molar refractivity (Wildman–Crippen MR) is 127 cm³/mol. The van der Waals surface area contributed by atoms with Gasteiger partial charge in [0.2, 0.25) is 5.91 Å². The Morgan fingerprint density at radius 1 is 1.09 bits per heavy atom. The number of nitro groups is 1. The van der Waals surface area contributed by atoms with Gasteiger partial charge < -0.3 is 14.8 Å². The van der Waals surface area contributed by atoms with Crippen LogP contribution in [-0.4, -0.2) is 39.5 Å². The number of carbonyl (C=O) groups excluding carboxylic acids is 1. The summed E-state index contributed by atoms with van der Waals surface area (Å²) < 4.78 is 51.6. The maximum Gasteiger partial charge on any atom is 0.271 e. The minimum Gasteiger partial charge on any atom is -0.495 e. The van der Waals surface area contributed by atoms with Gasteiger partial charge in [0.1, 0.15) is 23.9 Å². The van der Waals surface area contributed by atoms with Gasteiger partial charge in [0.25, 0.3) is 15.7 Å². The van der Waals surface area contributed by atoms with Crippen LogP contribution in [0.4, 0.5) is 21.5 Å². The highest BCUT2D eigenvalue weighted by Crippen LogP contribution is 2.30. The Bertz CT molecular complexity index is 1310. The second kappa shape index (κ2) is 10.8. The summed E-state index contributed by atoms with van der Waals surface area (Å²) in [4.78, 5) is 23.2. The second-order valence-electron chi connectivity index (χ2n) is 7.08. The third-order valence-corrected chi connectivity index (χ3v) is 6.58. The molecule has 0 atom stereocenters. The molecule has 0 saturated heterocycles. The van der Waals surface area contributed by atoms with Crippen LogP contribution in [0.15, 0.2) is 71.6 Å².